The lowest BCUT2D eigenvalue weighted by molar-refractivity contribution is -0.151. The molecular weight excluding hydrogens is 342 g/mol. The summed E-state index contributed by atoms with van der Waals surface area (Å²) >= 11 is 0. The zero-order valence-corrected chi connectivity index (χ0v) is 17.1. The smallest absolute Gasteiger partial charge is 0.235 e. The Balaban J connectivity index is 2.22. The van der Waals surface area contributed by atoms with Gasteiger partial charge >= 0.3 is 0 Å². The van der Waals surface area contributed by atoms with Gasteiger partial charge in [-0.15, -0.1) is 0 Å². The SMILES string of the molecule is CC1=CC[C@H](O)CC(=O)[C@@]23C(=O)N[C@@H](CC(C)C)[C@@H]2C(C)=C(C)[C@H](O)[C@@H]3C1. The molecule has 1 aliphatic heterocycles. The van der Waals surface area contributed by atoms with Crippen molar-refractivity contribution in [2.24, 2.45) is 23.2 Å². The van der Waals surface area contributed by atoms with Crippen molar-refractivity contribution in [2.45, 2.75) is 78.6 Å². The summed E-state index contributed by atoms with van der Waals surface area (Å²) in [6.45, 7) is 10.1. The Morgan fingerprint density at radius 1 is 1.15 bits per heavy atom. The van der Waals surface area contributed by atoms with Gasteiger partial charge in [-0.2, -0.15) is 0 Å². The molecule has 1 spiro atoms. The molecule has 6 atom stereocenters. The first-order valence-corrected chi connectivity index (χ1v) is 10.1. The summed E-state index contributed by atoms with van der Waals surface area (Å²) in [7, 11) is 0. The van der Waals surface area contributed by atoms with E-state index in [0.29, 0.717) is 18.8 Å². The van der Waals surface area contributed by atoms with E-state index in [9.17, 15) is 19.8 Å². The van der Waals surface area contributed by atoms with E-state index in [1.807, 2.05) is 26.8 Å². The Morgan fingerprint density at radius 3 is 2.44 bits per heavy atom. The monoisotopic (exact) mass is 375 g/mol. The van der Waals surface area contributed by atoms with Crippen molar-refractivity contribution in [3.8, 4) is 0 Å². The third-order valence-electron chi connectivity index (χ3n) is 6.97. The third-order valence-corrected chi connectivity index (χ3v) is 6.97. The highest BCUT2D eigenvalue weighted by Gasteiger charge is 2.67. The molecule has 5 heteroatoms. The summed E-state index contributed by atoms with van der Waals surface area (Å²) in [5.41, 5.74) is 1.55. The van der Waals surface area contributed by atoms with Crippen LogP contribution in [0.5, 0.6) is 0 Å². The van der Waals surface area contributed by atoms with Gasteiger partial charge in [-0.25, -0.2) is 0 Å². The van der Waals surface area contributed by atoms with E-state index in [2.05, 4.69) is 19.2 Å². The number of ketones is 1. The number of amides is 1. The van der Waals surface area contributed by atoms with Gasteiger partial charge in [0.2, 0.25) is 5.91 Å². The highest BCUT2D eigenvalue weighted by molar-refractivity contribution is 6.09. The van der Waals surface area contributed by atoms with Crippen LogP contribution in [0.4, 0.5) is 0 Å². The van der Waals surface area contributed by atoms with Crippen LogP contribution in [0, 0.1) is 23.2 Å². The number of Topliss-reactive ketones (excluding diaryl/α,β-unsaturated/α-hetero) is 1. The molecule has 0 bridgehead atoms. The van der Waals surface area contributed by atoms with E-state index in [0.717, 1.165) is 23.1 Å². The Hall–Kier alpha value is -1.46. The molecule has 0 aromatic heterocycles. The van der Waals surface area contributed by atoms with E-state index < -0.39 is 23.5 Å². The standard InChI is InChI=1S/C22H33NO4/c1-11(2)8-17-19-13(4)14(5)20(26)16-9-12(3)6-7-15(24)10-18(25)22(16,19)21(27)23-17/h6,11,15-17,19-20,24,26H,7-10H2,1-5H3,(H,23,27)/t15-,16-,17-,19-,20-,22+/m0/s1. The summed E-state index contributed by atoms with van der Waals surface area (Å²) in [6, 6.07) is -0.117. The number of hydrogen-bond donors (Lipinski definition) is 3. The highest BCUT2D eigenvalue weighted by Crippen LogP contribution is 2.56. The predicted octanol–water partition coefficient (Wildman–Crippen LogP) is 2.52. The van der Waals surface area contributed by atoms with Crippen molar-refractivity contribution in [2.75, 3.05) is 0 Å². The van der Waals surface area contributed by atoms with Crippen LogP contribution in [0.1, 0.15) is 60.3 Å². The highest BCUT2D eigenvalue weighted by atomic mass is 16.3. The largest absolute Gasteiger partial charge is 0.392 e. The maximum absolute atomic E-state index is 13.5. The van der Waals surface area contributed by atoms with Crippen LogP contribution < -0.4 is 5.32 Å². The summed E-state index contributed by atoms with van der Waals surface area (Å²) in [5, 5.41) is 24.6. The second-order valence-electron chi connectivity index (χ2n) is 9.24. The first-order valence-electron chi connectivity index (χ1n) is 10.1. The van der Waals surface area contributed by atoms with Gasteiger partial charge in [0.1, 0.15) is 5.41 Å². The molecule has 0 aromatic rings. The Morgan fingerprint density at radius 2 is 1.81 bits per heavy atom. The first-order chi connectivity index (χ1) is 12.6. The molecule has 3 aliphatic rings. The zero-order chi connectivity index (χ0) is 20.1. The molecule has 3 N–H and O–H groups in total. The molecule has 0 radical (unpaired) electrons. The zero-order valence-electron chi connectivity index (χ0n) is 17.1. The van der Waals surface area contributed by atoms with Gasteiger partial charge in [0, 0.05) is 24.3 Å². The van der Waals surface area contributed by atoms with Crippen molar-refractivity contribution >= 4 is 11.7 Å². The molecule has 3 rings (SSSR count). The van der Waals surface area contributed by atoms with Crippen LogP contribution in [-0.4, -0.2) is 40.2 Å². The molecule has 0 saturated carbocycles. The maximum atomic E-state index is 13.5. The number of carbonyl (C=O) groups is 2. The quantitative estimate of drug-likeness (QED) is 0.511. The fraction of sp³-hybridized carbons (Fsp3) is 0.727. The lowest BCUT2D eigenvalue weighted by Crippen LogP contribution is -2.56. The minimum atomic E-state index is -1.29. The van der Waals surface area contributed by atoms with Crippen LogP contribution in [0.2, 0.25) is 0 Å². The number of rotatable bonds is 2. The molecule has 2 aliphatic carbocycles. The number of aliphatic hydroxyl groups is 2. The van der Waals surface area contributed by atoms with Crippen molar-refractivity contribution in [3.63, 3.8) is 0 Å². The third kappa shape index (κ3) is 3.09. The molecule has 1 fully saturated rings. The molecule has 1 heterocycles. The van der Waals surface area contributed by atoms with Crippen molar-refractivity contribution < 1.29 is 19.8 Å². The average Bonchev–Trinajstić information content (AvgIpc) is 2.88. The lowest BCUT2D eigenvalue weighted by atomic mass is 9.53. The molecule has 150 valence electrons. The summed E-state index contributed by atoms with van der Waals surface area (Å²) in [4.78, 5) is 26.9. The number of nitrogens with one attached hydrogen (secondary N) is 1. The molecule has 27 heavy (non-hydrogen) atoms. The van der Waals surface area contributed by atoms with Gasteiger partial charge in [-0.05, 0) is 51.5 Å². The lowest BCUT2D eigenvalue weighted by Gasteiger charge is -2.47. The predicted molar refractivity (Wildman–Crippen MR) is 104 cm³/mol. The van der Waals surface area contributed by atoms with Crippen molar-refractivity contribution in [1.82, 2.24) is 5.32 Å². The molecule has 1 amide bonds. The number of carbonyl (C=O) groups excluding carboxylic acids is 2. The van der Waals surface area contributed by atoms with Gasteiger partial charge in [-0.3, -0.25) is 9.59 Å². The number of allylic oxidation sites excluding steroid dienone is 1. The molecule has 1 saturated heterocycles. The minimum Gasteiger partial charge on any atom is -0.392 e. The molecule has 0 aromatic carbocycles. The fourth-order valence-electron chi connectivity index (χ4n) is 5.62. The Bertz CT molecular complexity index is 707. The van der Waals surface area contributed by atoms with Gasteiger partial charge < -0.3 is 15.5 Å². The fourth-order valence-corrected chi connectivity index (χ4v) is 5.62. The van der Waals surface area contributed by atoms with E-state index >= 15 is 0 Å². The minimum absolute atomic E-state index is 0.0440. The Kier molecular flexibility index (Phi) is 5.39. The first kappa shape index (κ1) is 20.3. The molecular formula is C22H33NO4. The van der Waals surface area contributed by atoms with Gasteiger partial charge in [0.15, 0.2) is 5.78 Å². The van der Waals surface area contributed by atoms with E-state index in [1.54, 1.807) is 0 Å². The molecule has 5 nitrogen and oxygen atoms in total. The topological polar surface area (TPSA) is 86.6 Å². The van der Waals surface area contributed by atoms with Gasteiger partial charge in [-0.1, -0.05) is 31.1 Å². The van der Waals surface area contributed by atoms with Crippen LogP contribution in [0.15, 0.2) is 22.8 Å². The van der Waals surface area contributed by atoms with Crippen LogP contribution in [0.3, 0.4) is 0 Å². The second kappa shape index (κ2) is 7.17. The summed E-state index contributed by atoms with van der Waals surface area (Å²) in [5.74, 6) is -0.852. The summed E-state index contributed by atoms with van der Waals surface area (Å²) < 4.78 is 0. The van der Waals surface area contributed by atoms with Crippen molar-refractivity contribution in [3.05, 3.63) is 22.8 Å². The van der Waals surface area contributed by atoms with Crippen LogP contribution >= 0.6 is 0 Å². The molecule has 0 unspecified atom stereocenters. The van der Waals surface area contributed by atoms with Crippen molar-refractivity contribution in [1.29, 1.82) is 0 Å². The number of hydrogen-bond acceptors (Lipinski definition) is 4. The van der Waals surface area contributed by atoms with Crippen LogP contribution in [0.25, 0.3) is 0 Å². The van der Waals surface area contributed by atoms with Gasteiger partial charge in [0.25, 0.3) is 0 Å². The average molecular weight is 376 g/mol. The maximum Gasteiger partial charge on any atom is 0.235 e. The van der Waals surface area contributed by atoms with E-state index in [1.165, 1.54) is 0 Å². The number of aliphatic hydroxyl groups excluding tert-OH is 2. The van der Waals surface area contributed by atoms with E-state index in [-0.39, 0.29) is 30.1 Å². The Labute approximate surface area is 161 Å². The second-order valence-corrected chi connectivity index (χ2v) is 9.24. The van der Waals surface area contributed by atoms with Gasteiger partial charge in [0.05, 0.1) is 12.2 Å². The summed E-state index contributed by atoms with van der Waals surface area (Å²) in [6.07, 6.45) is 1.97. The van der Waals surface area contributed by atoms with E-state index in [4.69, 9.17) is 0 Å². The normalized spacial score (nSPS) is 40.0. The van der Waals surface area contributed by atoms with Crippen LogP contribution in [-0.2, 0) is 9.59 Å².